The van der Waals surface area contributed by atoms with Crippen LogP contribution in [0.5, 0.6) is 17.2 Å². The van der Waals surface area contributed by atoms with Gasteiger partial charge in [0.05, 0.1) is 27.0 Å². The molecule has 7 heteroatoms. The first-order valence-corrected chi connectivity index (χ1v) is 7.24. The van der Waals surface area contributed by atoms with Crippen molar-refractivity contribution >= 4 is 5.97 Å². The zero-order chi connectivity index (χ0) is 17.9. The monoisotopic (exact) mass is 333 g/mol. The zero-order valence-corrected chi connectivity index (χ0v) is 14.0. The molecule has 0 radical (unpaired) electrons. The number of hydrogen-bond donors (Lipinski definition) is 1. The van der Waals surface area contributed by atoms with Crippen LogP contribution in [-0.4, -0.2) is 37.0 Å². The Labute approximate surface area is 139 Å². The number of ether oxygens (including phenoxy) is 3. The number of benzene rings is 1. The van der Waals surface area contributed by atoms with Gasteiger partial charge in [-0.05, 0) is 19.1 Å². The van der Waals surface area contributed by atoms with Crippen molar-refractivity contribution in [2.45, 2.75) is 13.5 Å². The van der Waals surface area contributed by atoms with Crippen molar-refractivity contribution in [1.82, 2.24) is 4.57 Å². The Hall–Kier alpha value is -2.96. The van der Waals surface area contributed by atoms with Crippen LogP contribution in [0, 0.1) is 0 Å². The van der Waals surface area contributed by atoms with Crippen molar-refractivity contribution in [2.75, 3.05) is 21.3 Å². The second-order valence-corrected chi connectivity index (χ2v) is 4.94. The molecule has 24 heavy (non-hydrogen) atoms. The Kier molecular flexibility index (Phi) is 5.13. The molecule has 128 valence electrons. The second kappa shape index (κ2) is 7.08. The van der Waals surface area contributed by atoms with E-state index in [4.69, 9.17) is 19.3 Å². The molecule has 2 rings (SSSR count). The summed E-state index contributed by atoms with van der Waals surface area (Å²) >= 11 is 0. The highest BCUT2D eigenvalue weighted by atomic mass is 16.5. The van der Waals surface area contributed by atoms with E-state index < -0.39 is 11.4 Å². The smallest absolute Gasteiger partial charge is 0.341 e. The first kappa shape index (κ1) is 17.4. The fourth-order valence-corrected chi connectivity index (χ4v) is 2.47. The fourth-order valence-electron chi connectivity index (χ4n) is 2.47. The van der Waals surface area contributed by atoms with Crippen molar-refractivity contribution in [2.24, 2.45) is 0 Å². The Morgan fingerprint density at radius 1 is 1.08 bits per heavy atom. The summed E-state index contributed by atoms with van der Waals surface area (Å²) in [5.74, 6) is 0.0865. The van der Waals surface area contributed by atoms with Gasteiger partial charge in [-0.1, -0.05) is 0 Å². The normalized spacial score (nSPS) is 10.3. The lowest BCUT2D eigenvalue weighted by Gasteiger charge is -2.17. The molecule has 0 unspecified atom stereocenters. The number of aromatic carboxylic acids is 1. The van der Waals surface area contributed by atoms with E-state index in [1.165, 1.54) is 33.6 Å². The molecule has 1 N–H and O–H groups in total. The number of nitrogens with zero attached hydrogens (tertiary/aromatic N) is 1. The van der Waals surface area contributed by atoms with Crippen molar-refractivity contribution < 1.29 is 24.1 Å². The minimum atomic E-state index is -1.25. The maximum absolute atomic E-state index is 12.1. The number of hydrogen-bond acceptors (Lipinski definition) is 5. The lowest BCUT2D eigenvalue weighted by atomic mass is 10.1. The van der Waals surface area contributed by atoms with Gasteiger partial charge in [-0.2, -0.15) is 0 Å². The summed E-state index contributed by atoms with van der Waals surface area (Å²) in [5, 5.41) is 9.11. The molecule has 1 aromatic carbocycles. The molecule has 1 aromatic heterocycles. The summed E-state index contributed by atoms with van der Waals surface area (Å²) in [4.78, 5) is 23.2. The van der Waals surface area contributed by atoms with Gasteiger partial charge in [0.1, 0.15) is 5.56 Å². The van der Waals surface area contributed by atoms with E-state index in [-0.39, 0.29) is 5.56 Å². The molecule has 0 spiro atoms. The molecule has 0 amide bonds. The van der Waals surface area contributed by atoms with Gasteiger partial charge in [0.2, 0.25) is 5.75 Å². The van der Waals surface area contributed by atoms with Gasteiger partial charge in [0.15, 0.2) is 16.9 Å². The van der Waals surface area contributed by atoms with E-state index in [0.717, 1.165) is 0 Å². The Morgan fingerprint density at radius 3 is 2.08 bits per heavy atom. The van der Waals surface area contributed by atoms with Gasteiger partial charge in [-0.25, -0.2) is 4.79 Å². The van der Waals surface area contributed by atoms with E-state index in [9.17, 15) is 9.59 Å². The largest absolute Gasteiger partial charge is 0.493 e. The summed E-state index contributed by atoms with van der Waals surface area (Å²) in [7, 11) is 4.51. The van der Waals surface area contributed by atoms with Crippen LogP contribution in [0.4, 0.5) is 0 Å². The van der Waals surface area contributed by atoms with Crippen molar-refractivity contribution in [3.8, 4) is 28.5 Å². The summed E-state index contributed by atoms with van der Waals surface area (Å²) in [5.41, 5.74) is 0.385. The first-order chi connectivity index (χ1) is 11.5. The molecule has 0 aliphatic rings. The predicted octanol–water partition coefficient (Wildman–Crippen LogP) is 2.26. The molecular formula is C17H19NO6. The number of methoxy groups -OCH3 is 3. The number of pyridine rings is 1. The standard InChI is InChI=1S/C17H19NO6/c1-5-18-9-11(17(20)21)13(19)8-12(18)10-6-14(22-2)16(24-4)15(7-10)23-3/h6-9H,5H2,1-4H3,(H,20,21). The third-order valence-electron chi connectivity index (χ3n) is 3.66. The lowest BCUT2D eigenvalue weighted by molar-refractivity contribution is 0.0694. The van der Waals surface area contributed by atoms with Crippen LogP contribution in [0.3, 0.4) is 0 Å². The third-order valence-corrected chi connectivity index (χ3v) is 3.66. The number of aromatic nitrogens is 1. The van der Waals surface area contributed by atoms with Gasteiger partial charge in [-0.15, -0.1) is 0 Å². The second-order valence-electron chi connectivity index (χ2n) is 4.94. The van der Waals surface area contributed by atoms with E-state index in [0.29, 0.717) is 35.1 Å². The van der Waals surface area contributed by atoms with Crippen LogP contribution >= 0.6 is 0 Å². The lowest BCUT2D eigenvalue weighted by Crippen LogP contribution is -2.18. The number of aryl methyl sites for hydroxylation is 1. The van der Waals surface area contributed by atoms with Crippen LogP contribution in [0.15, 0.2) is 29.2 Å². The summed E-state index contributed by atoms with van der Waals surface area (Å²) < 4.78 is 17.6. The fraction of sp³-hybridized carbons (Fsp3) is 0.294. The molecule has 2 aromatic rings. The number of carboxylic acid groups (broad SMARTS) is 1. The molecule has 0 aliphatic carbocycles. The minimum absolute atomic E-state index is 0.270. The van der Waals surface area contributed by atoms with E-state index >= 15 is 0 Å². The van der Waals surface area contributed by atoms with E-state index in [1.807, 2.05) is 6.92 Å². The molecule has 0 saturated heterocycles. The van der Waals surface area contributed by atoms with Crippen LogP contribution in [0.25, 0.3) is 11.3 Å². The number of rotatable bonds is 6. The average molecular weight is 333 g/mol. The van der Waals surface area contributed by atoms with Gasteiger partial charge in [0.25, 0.3) is 0 Å². The molecule has 0 atom stereocenters. The van der Waals surface area contributed by atoms with E-state index in [1.54, 1.807) is 16.7 Å². The predicted molar refractivity (Wildman–Crippen MR) is 88.4 cm³/mol. The van der Waals surface area contributed by atoms with Crippen molar-refractivity contribution in [3.63, 3.8) is 0 Å². The molecular weight excluding hydrogens is 314 g/mol. The Morgan fingerprint density at radius 2 is 1.67 bits per heavy atom. The highest BCUT2D eigenvalue weighted by molar-refractivity contribution is 5.87. The van der Waals surface area contributed by atoms with Crippen molar-refractivity contribution in [1.29, 1.82) is 0 Å². The Balaban J connectivity index is 2.74. The summed E-state index contributed by atoms with van der Waals surface area (Å²) in [6.07, 6.45) is 1.34. The molecule has 0 saturated carbocycles. The summed E-state index contributed by atoms with van der Waals surface area (Å²) in [6.45, 7) is 2.35. The molecule has 0 bridgehead atoms. The molecule has 7 nitrogen and oxygen atoms in total. The molecule has 0 fully saturated rings. The van der Waals surface area contributed by atoms with Crippen molar-refractivity contribution in [3.05, 3.63) is 40.2 Å². The van der Waals surface area contributed by atoms with Crippen LogP contribution in [-0.2, 0) is 6.54 Å². The quantitative estimate of drug-likeness (QED) is 0.872. The average Bonchev–Trinajstić information content (AvgIpc) is 2.59. The van der Waals surface area contributed by atoms with E-state index in [2.05, 4.69) is 0 Å². The van der Waals surface area contributed by atoms with Crippen LogP contribution in [0.2, 0.25) is 0 Å². The topological polar surface area (TPSA) is 87.0 Å². The maximum Gasteiger partial charge on any atom is 0.341 e. The Bertz CT molecular complexity index is 799. The highest BCUT2D eigenvalue weighted by Gasteiger charge is 2.18. The highest BCUT2D eigenvalue weighted by Crippen LogP contribution is 2.41. The number of carbonyl (C=O) groups is 1. The third kappa shape index (κ3) is 3.05. The van der Waals surface area contributed by atoms with Gasteiger partial charge in [0, 0.05) is 24.4 Å². The van der Waals surface area contributed by atoms with Crippen LogP contribution < -0.4 is 19.6 Å². The minimum Gasteiger partial charge on any atom is -0.493 e. The maximum atomic E-state index is 12.1. The molecule has 0 aliphatic heterocycles. The molecule has 1 heterocycles. The zero-order valence-electron chi connectivity index (χ0n) is 14.0. The van der Waals surface area contributed by atoms with Crippen LogP contribution in [0.1, 0.15) is 17.3 Å². The van der Waals surface area contributed by atoms with Gasteiger partial charge in [-0.3, -0.25) is 4.79 Å². The van der Waals surface area contributed by atoms with Gasteiger partial charge >= 0.3 is 5.97 Å². The van der Waals surface area contributed by atoms with Gasteiger partial charge < -0.3 is 23.9 Å². The number of carboxylic acids is 1. The summed E-state index contributed by atoms with van der Waals surface area (Å²) in [6, 6.07) is 4.72. The SMILES string of the molecule is CCn1cc(C(=O)O)c(=O)cc1-c1cc(OC)c(OC)c(OC)c1. The first-order valence-electron chi connectivity index (χ1n) is 7.24.